The first kappa shape index (κ1) is 20.3. The van der Waals surface area contributed by atoms with Crippen LogP contribution in [-0.2, 0) is 11.4 Å². The van der Waals surface area contributed by atoms with Gasteiger partial charge in [-0.3, -0.25) is 9.69 Å². The third-order valence-corrected chi connectivity index (χ3v) is 4.69. The smallest absolute Gasteiger partial charge is 0.241 e. The van der Waals surface area contributed by atoms with Crippen LogP contribution in [0.3, 0.4) is 0 Å². The van der Waals surface area contributed by atoms with E-state index >= 15 is 0 Å². The second kappa shape index (κ2) is 10.2. The number of rotatable bonds is 6. The number of hydrogen-bond donors (Lipinski definition) is 1. The Morgan fingerprint density at radius 1 is 1.04 bits per heavy atom. The molecule has 0 radical (unpaired) electrons. The molecule has 140 valence electrons. The van der Waals surface area contributed by atoms with Gasteiger partial charge in [-0.25, -0.2) is 0 Å². The van der Waals surface area contributed by atoms with Crippen molar-refractivity contribution >= 4 is 24.0 Å². The molecular weight excluding hydrogens is 348 g/mol. The molecule has 5 heteroatoms. The van der Waals surface area contributed by atoms with Gasteiger partial charge in [0.2, 0.25) is 5.91 Å². The lowest BCUT2D eigenvalue weighted by Crippen LogP contribution is -2.44. The molecule has 1 unspecified atom stereocenters. The molecular formula is C21H27ClN2O2. The first-order valence-electron chi connectivity index (χ1n) is 9.04. The van der Waals surface area contributed by atoms with E-state index in [1.807, 2.05) is 61.5 Å². The summed E-state index contributed by atoms with van der Waals surface area (Å²) < 4.78 is 5.77. The Bertz CT molecular complexity index is 670. The summed E-state index contributed by atoms with van der Waals surface area (Å²) in [5, 5.41) is 3.00. The molecule has 1 amide bonds. The van der Waals surface area contributed by atoms with Gasteiger partial charge in [-0.2, -0.15) is 0 Å². The fourth-order valence-corrected chi connectivity index (χ4v) is 3.09. The predicted octanol–water partition coefficient (Wildman–Crippen LogP) is 4.50. The zero-order chi connectivity index (χ0) is 17.5. The second-order valence-corrected chi connectivity index (χ2v) is 6.56. The summed E-state index contributed by atoms with van der Waals surface area (Å²) in [5.74, 6) is 0.853. The van der Waals surface area contributed by atoms with E-state index in [4.69, 9.17) is 4.74 Å². The quantitative estimate of drug-likeness (QED) is 0.809. The van der Waals surface area contributed by atoms with Crippen molar-refractivity contribution in [3.63, 3.8) is 0 Å². The number of anilines is 1. The molecule has 0 saturated carbocycles. The normalized spacial score (nSPS) is 15.6. The number of likely N-dealkylation sites (tertiary alicyclic amines) is 1. The standard InChI is InChI=1S/C21H26N2O2.ClH/c1-17(23-14-6-3-7-15-23)21(24)22-19-10-12-20(13-11-19)25-16-18-8-4-2-5-9-18;/h2,4-5,8-13,17H,3,6-7,14-16H2,1H3,(H,22,24);1H. The van der Waals surface area contributed by atoms with Crippen molar-refractivity contribution in [1.29, 1.82) is 0 Å². The lowest BCUT2D eigenvalue weighted by molar-refractivity contribution is -0.121. The highest BCUT2D eigenvalue weighted by atomic mass is 35.5. The zero-order valence-corrected chi connectivity index (χ0v) is 16.0. The molecule has 1 fully saturated rings. The van der Waals surface area contributed by atoms with E-state index in [1.54, 1.807) is 0 Å². The average molecular weight is 375 g/mol. The highest BCUT2D eigenvalue weighted by Gasteiger charge is 2.22. The van der Waals surface area contributed by atoms with Crippen molar-refractivity contribution in [1.82, 2.24) is 4.90 Å². The summed E-state index contributed by atoms with van der Waals surface area (Å²) in [7, 11) is 0. The maximum absolute atomic E-state index is 12.4. The topological polar surface area (TPSA) is 41.6 Å². The molecule has 1 atom stereocenters. The van der Waals surface area contributed by atoms with Crippen molar-refractivity contribution in [2.45, 2.75) is 38.8 Å². The summed E-state index contributed by atoms with van der Waals surface area (Å²) in [6, 6.07) is 17.5. The van der Waals surface area contributed by atoms with Crippen LogP contribution in [0.1, 0.15) is 31.7 Å². The molecule has 1 N–H and O–H groups in total. The Kier molecular flexibility index (Phi) is 7.95. The molecule has 2 aromatic rings. The van der Waals surface area contributed by atoms with Crippen molar-refractivity contribution in [3.8, 4) is 5.75 Å². The minimum absolute atomic E-state index is 0. The van der Waals surface area contributed by atoms with Crippen molar-refractivity contribution < 1.29 is 9.53 Å². The third kappa shape index (κ3) is 5.75. The highest BCUT2D eigenvalue weighted by Crippen LogP contribution is 2.18. The predicted molar refractivity (Wildman–Crippen MR) is 108 cm³/mol. The number of hydrogen-bond acceptors (Lipinski definition) is 3. The van der Waals surface area contributed by atoms with Crippen molar-refractivity contribution in [2.75, 3.05) is 18.4 Å². The number of piperidine rings is 1. The van der Waals surface area contributed by atoms with Gasteiger partial charge in [0.05, 0.1) is 6.04 Å². The number of nitrogens with zero attached hydrogens (tertiary/aromatic N) is 1. The Morgan fingerprint density at radius 3 is 2.35 bits per heavy atom. The maximum Gasteiger partial charge on any atom is 0.241 e. The van der Waals surface area contributed by atoms with Gasteiger partial charge in [-0.05, 0) is 62.7 Å². The molecule has 3 rings (SSSR count). The number of amides is 1. The van der Waals surface area contributed by atoms with Crippen LogP contribution >= 0.6 is 12.4 Å². The number of halogens is 1. The van der Waals surface area contributed by atoms with Crippen LogP contribution in [0.25, 0.3) is 0 Å². The maximum atomic E-state index is 12.4. The van der Waals surface area contributed by atoms with Gasteiger partial charge >= 0.3 is 0 Å². The number of nitrogens with one attached hydrogen (secondary N) is 1. The van der Waals surface area contributed by atoms with Gasteiger partial charge in [0.25, 0.3) is 0 Å². The molecule has 0 aromatic heterocycles. The summed E-state index contributed by atoms with van der Waals surface area (Å²) in [4.78, 5) is 14.7. The van der Waals surface area contributed by atoms with Gasteiger partial charge in [0.15, 0.2) is 0 Å². The van der Waals surface area contributed by atoms with E-state index in [1.165, 1.54) is 19.3 Å². The molecule has 0 spiro atoms. The fraction of sp³-hybridized carbons (Fsp3) is 0.381. The van der Waals surface area contributed by atoms with Gasteiger partial charge in [0, 0.05) is 5.69 Å². The van der Waals surface area contributed by atoms with Crippen LogP contribution in [-0.4, -0.2) is 29.9 Å². The lowest BCUT2D eigenvalue weighted by atomic mass is 10.1. The van der Waals surface area contributed by atoms with Gasteiger partial charge in [-0.1, -0.05) is 36.8 Å². The Labute approximate surface area is 162 Å². The molecule has 1 heterocycles. The monoisotopic (exact) mass is 374 g/mol. The molecule has 0 bridgehead atoms. The van der Waals surface area contributed by atoms with Gasteiger partial charge in [0.1, 0.15) is 12.4 Å². The summed E-state index contributed by atoms with van der Waals surface area (Å²) in [6.45, 7) is 4.55. The molecule has 4 nitrogen and oxygen atoms in total. The number of carbonyl (C=O) groups excluding carboxylic acids is 1. The van der Waals surface area contributed by atoms with E-state index in [9.17, 15) is 4.79 Å². The van der Waals surface area contributed by atoms with Gasteiger partial charge < -0.3 is 10.1 Å². The molecule has 1 aliphatic rings. The summed E-state index contributed by atoms with van der Waals surface area (Å²) in [5.41, 5.74) is 1.94. The number of benzene rings is 2. The zero-order valence-electron chi connectivity index (χ0n) is 15.2. The first-order chi connectivity index (χ1) is 12.2. The van der Waals surface area contributed by atoms with E-state index in [2.05, 4.69) is 10.2 Å². The van der Waals surface area contributed by atoms with Crippen LogP contribution < -0.4 is 10.1 Å². The van der Waals surface area contributed by atoms with E-state index < -0.39 is 0 Å². The number of ether oxygens (including phenoxy) is 1. The van der Waals surface area contributed by atoms with Crippen LogP contribution in [0.2, 0.25) is 0 Å². The minimum atomic E-state index is -0.0886. The van der Waals surface area contributed by atoms with Gasteiger partial charge in [-0.15, -0.1) is 12.4 Å². The minimum Gasteiger partial charge on any atom is -0.489 e. The largest absolute Gasteiger partial charge is 0.489 e. The van der Waals surface area contributed by atoms with E-state index in [0.717, 1.165) is 30.1 Å². The van der Waals surface area contributed by atoms with Crippen molar-refractivity contribution in [3.05, 3.63) is 60.2 Å². The number of carbonyl (C=O) groups is 1. The van der Waals surface area contributed by atoms with Crippen LogP contribution in [0.5, 0.6) is 5.75 Å². The average Bonchev–Trinajstić information content (AvgIpc) is 2.68. The summed E-state index contributed by atoms with van der Waals surface area (Å²) in [6.07, 6.45) is 3.64. The lowest BCUT2D eigenvalue weighted by Gasteiger charge is -2.31. The molecule has 1 saturated heterocycles. The Morgan fingerprint density at radius 2 is 1.69 bits per heavy atom. The Hall–Kier alpha value is -2.04. The molecule has 2 aromatic carbocycles. The third-order valence-electron chi connectivity index (χ3n) is 4.69. The molecule has 1 aliphatic heterocycles. The molecule has 26 heavy (non-hydrogen) atoms. The van der Waals surface area contributed by atoms with E-state index in [0.29, 0.717) is 6.61 Å². The summed E-state index contributed by atoms with van der Waals surface area (Å²) >= 11 is 0. The Balaban J connectivity index is 0.00000243. The van der Waals surface area contributed by atoms with Crippen molar-refractivity contribution in [2.24, 2.45) is 0 Å². The first-order valence-corrected chi connectivity index (χ1v) is 9.04. The fourth-order valence-electron chi connectivity index (χ4n) is 3.09. The van der Waals surface area contributed by atoms with Crippen LogP contribution in [0, 0.1) is 0 Å². The van der Waals surface area contributed by atoms with E-state index in [-0.39, 0.29) is 24.4 Å². The second-order valence-electron chi connectivity index (χ2n) is 6.56. The van der Waals surface area contributed by atoms with Crippen LogP contribution in [0.4, 0.5) is 5.69 Å². The highest BCUT2D eigenvalue weighted by molar-refractivity contribution is 5.94. The van der Waals surface area contributed by atoms with Crippen LogP contribution in [0.15, 0.2) is 54.6 Å². The molecule has 0 aliphatic carbocycles. The SMILES string of the molecule is CC(C(=O)Nc1ccc(OCc2ccccc2)cc1)N1CCCCC1.Cl.